The second kappa shape index (κ2) is 9.69. The molecular weight excluding hydrogens is 472 g/mol. The number of rotatable bonds is 5. The van der Waals surface area contributed by atoms with E-state index in [1.165, 1.54) is 12.3 Å². The number of carbonyl (C=O) groups is 1. The summed E-state index contributed by atoms with van der Waals surface area (Å²) in [4.78, 5) is 24.4. The third-order valence-electron chi connectivity index (χ3n) is 5.94. The van der Waals surface area contributed by atoms with Crippen LogP contribution >= 0.6 is 0 Å². The summed E-state index contributed by atoms with van der Waals surface area (Å²) in [7, 11) is -2.96. The highest BCUT2D eigenvalue weighted by Gasteiger charge is 2.33. The third kappa shape index (κ3) is 5.82. The minimum Gasteiger partial charge on any atom is -0.356 e. The van der Waals surface area contributed by atoms with E-state index in [-0.39, 0.29) is 31.4 Å². The highest BCUT2D eigenvalue weighted by atomic mass is 32.2. The molecular formula is C25H27F2N5O2S. The van der Waals surface area contributed by atoms with Crippen molar-refractivity contribution in [2.75, 3.05) is 29.6 Å². The molecule has 2 N–H and O–H groups in total. The Labute approximate surface area is 203 Å². The zero-order valence-electron chi connectivity index (χ0n) is 19.6. The quantitative estimate of drug-likeness (QED) is 0.492. The van der Waals surface area contributed by atoms with Gasteiger partial charge in [-0.15, -0.1) is 0 Å². The Balaban J connectivity index is 1.76. The van der Waals surface area contributed by atoms with Gasteiger partial charge in [0.05, 0.1) is 21.0 Å². The van der Waals surface area contributed by atoms with Crippen LogP contribution in [0.15, 0.2) is 59.8 Å². The lowest BCUT2D eigenvalue weighted by Crippen LogP contribution is -2.30. The molecule has 0 bridgehead atoms. The number of hydrogen-bond acceptors (Lipinski definition) is 6. The van der Waals surface area contributed by atoms with Crippen molar-refractivity contribution in [1.29, 1.82) is 4.78 Å². The Kier molecular flexibility index (Phi) is 6.84. The number of carbonyl (C=O) groups excluding carboxylic acids is 1. The van der Waals surface area contributed by atoms with Gasteiger partial charge in [0.2, 0.25) is 5.92 Å². The molecule has 1 saturated heterocycles. The summed E-state index contributed by atoms with van der Waals surface area (Å²) in [6.07, 6.45) is 4.38. The molecule has 35 heavy (non-hydrogen) atoms. The number of amides is 1. The van der Waals surface area contributed by atoms with Gasteiger partial charge in [-0.3, -0.25) is 9.78 Å². The molecule has 1 amide bonds. The van der Waals surface area contributed by atoms with Crippen LogP contribution in [0.4, 0.5) is 20.3 Å². The number of alkyl halides is 2. The number of nitrogens with zero attached hydrogens (tertiary/aromatic N) is 3. The highest BCUT2D eigenvalue weighted by molar-refractivity contribution is 7.91. The summed E-state index contributed by atoms with van der Waals surface area (Å²) in [6.45, 7) is 2.21. The average Bonchev–Trinajstić information content (AvgIpc) is 2.99. The summed E-state index contributed by atoms with van der Waals surface area (Å²) < 4.78 is 48.1. The third-order valence-corrected chi connectivity index (χ3v) is 7.09. The van der Waals surface area contributed by atoms with Crippen LogP contribution in [0.1, 0.15) is 35.2 Å². The van der Waals surface area contributed by atoms with Crippen LogP contribution in [0.5, 0.6) is 0 Å². The topological polar surface area (TPSA) is 99.0 Å². The van der Waals surface area contributed by atoms with Gasteiger partial charge in [0, 0.05) is 60.7 Å². The van der Waals surface area contributed by atoms with E-state index < -0.39 is 21.6 Å². The molecule has 3 heterocycles. The second-order valence-corrected chi connectivity index (χ2v) is 10.9. The van der Waals surface area contributed by atoms with Crippen LogP contribution in [0.2, 0.25) is 0 Å². The molecule has 0 aliphatic carbocycles. The van der Waals surface area contributed by atoms with Crippen molar-refractivity contribution in [3.63, 3.8) is 0 Å². The highest BCUT2D eigenvalue weighted by Crippen LogP contribution is 2.33. The SMILES string of the molecule is Cc1cc(-c2cccnc2)nc(N2CCCC(F)(F)CC2)c1C(=O)Nc1cccc(S(C)(=N)=O)c1. The summed E-state index contributed by atoms with van der Waals surface area (Å²) in [5.41, 5.74) is 2.66. The van der Waals surface area contributed by atoms with Crippen molar-refractivity contribution < 1.29 is 17.8 Å². The van der Waals surface area contributed by atoms with Crippen LogP contribution in [-0.4, -0.2) is 45.4 Å². The van der Waals surface area contributed by atoms with E-state index >= 15 is 0 Å². The lowest BCUT2D eigenvalue weighted by molar-refractivity contribution is -0.0102. The number of pyridine rings is 2. The number of aromatic nitrogens is 2. The van der Waals surface area contributed by atoms with Gasteiger partial charge in [-0.05, 0) is 55.3 Å². The standard InChI is InChI=1S/C25H27F2N5O2S/c1-17-14-21(18-6-4-11-29-16-18)31-23(32-12-5-9-25(26,27)10-13-32)22(17)24(33)30-19-7-3-8-20(15-19)35(2,28)34/h3-4,6-8,11,14-16,28H,5,9-10,12-13H2,1-2H3,(H,30,33). The molecule has 4 rings (SSSR count). The van der Waals surface area contributed by atoms with Gasteiger partial charge in [-0.25, -0.2) is 22.8 Å². The Bertz CT molecular complexity index is 1350. The Morgan fingerprint density at radius 3 is 2.69 bits per heavy atom. The molecule has 0 saturated carbocycles. The summed E-state index contributed by atoms with van der Waals surface area (Å²) in [5, 5.41) is 2.81. The van der Waals surface area contributed by atoms with Gasteiger partial charge in [0.1, 0.15) is 5.82 Å². The molecule has 0 spiro atoms. The molecule has 0 radical (unpaired) electrons. The van der Waals surface area contributed by atoms with Gasteiger partial charge >= 0.3 is 0 Å². The van der Waals surface area contributed by atoms with Gasteiger partial charge in [0.15, 0.2) is 0 Å². The van der Waals surface area contributed by atoms with Gasteiger partial charge in [-0.2, -0.15) is 0 Å². The number of halogens is 2. The van der Waals surface area contributed by atoms with Crippen LogP contribution in [0, 0.1) is 11.7 Å². The molecule has 1 fully saturated rings. The fraction of sp³-hybridized carbons (Fsp3) is 0.320. The smallest absolute Gasteiger partial charge is 0.259 e. The molecule has 1 aromatic carbocycles. The van der Waals surface area contributed by atoms with Crippen molar-refractivity contribution >= 4 is 27.1 Å². The predicted molar refractivity (Wildman–Crippen MR) is 133 cm³/mol. The lowest BCUT2D eigenvalue weighted by atomic mass is 10.0. The summed E-state index contributed by atoms with van der Waals surface area (Å²) in [5.74, 6) is -2.87. The molecule has 7 nitrogen and oxygen atoms in total. The molecule has 10 heteroatoms. The zero-order chi connectivity index (χ0) is 25.2. The molecule has 1 aliphatic heterocycles. The van der Waals surface area contributed by atoms with E-state index in [4.69, 9.17) is 9.76 Å². The molecule has 2 aromatic heterocycles. The second-order valence-electron chi connectivity index (χ2n) is 8.79. The Hall–Kier alpha value is -3.40. The van der Waals surface area contributed by atoms with E-state index in [9.17, 15) is 17.8 Å². The number of benzene rings is 1. The minimum absolute atomic E-state index is 0.0719. The molecule has 1 aliphatic rings. The van der Waals surface area contributed by atoms with E-state index in [2.05, 4.69) is 10.3 Å². The van der Waals surface area contributed by atoms with E-state index in [0.29, 0.717) is 34.2 Å². The fourth-order valence-electron chi connectivity index (χ4n) is 4.11. The van der Waals surface area contributed by atoms with E-state index in [1.54, 1.807) is 54.5 Å². The first-order valence-electron chi connectivity index (χ1n) is 11.2. The van der Waals surface area contributed by atoms with Crippen LogP contribution in [-0.2, 0) is 9.73 Å². The number of hydrogen-bond donors (Lipinski definition) is 2. The fourth-order valence-corrected chi connectivity index (χ4v) is 4.80. The Morgan fingerprint density at radius 1 is 1.17 bits per heavy atom. The van der Waals surface area contributed by atoms with Crippen molar-refractivity contribution in [2.24, 2.45) is 0 Å². The van der Waals surface area contributed by atoms with Crippen LogP contribution in [0.3, 0.4) is 0 Å². The molecule has 3 aromatic rings. The summed E-state index contributed by atoms with van der Waals surface area (Å²) in [6, 6.07) is 11.8. The first-order chi connectivity index (χ1) is 16.5. The number of nitrogens with one attached hydrogen (secondary N) is 2. The first-order valence-corrected chi connectivity index (χ1v) is 13.2. The maximum Gasteiger partial charge on any atom is 0.259 e. The Morgan fingerprint density at radius 2 is 1.97 bits per heavy atom. The van der Waals surface area contributed by atoms with Crippen molar-refractivity contribution in [2.45, 2.75) is 37.0 Å². The van der Waals surface area contributed by atoms with E-state index in [1.807, 2.05) is 6.07 Å². The van der Waals surface area contributed by atoms with Crippen LogP contribution < -0.4 is 10.2 Å². The molecule has 1 unspecified atom stereocenters. The maximum absolute atomic E-state index is 14.1. The van der Waals surface area contributed by atoms with Gasteiger partial charge in [-0.1, -0.05) is 6.07 Å². The van der Waals surface area contributed by atoms with Crippen LogP contribution in [0.25, 0.3) is 11.3 Å². The van der Waals surface area contributed by atoms with Gasteiger partial charge < -0.3 is 10.2 Å². The van der Waals surface area contributed by atoms with Crippen molar-refractivity contribution in [1.82, 2.24) is 9.97 Å². The maximum atomic E-state index is 14.1. The predicted octanol–water partition coefficient (Wildman–Crippen LogP) is 5.37. The zero-order valence-corrected chi connectivity index (χ0v) is 20.4. The lowest BCUT2D eigenvalue weighted by Gasteiger charge is -2.26. The molecule has 1 atom stereocenters. The minimum atomic E-state index is -2.96. The summed E-state index contributed by atoms with van der Waals surface area (Å²) >= 11 is 0. The number of anilines is 2. The van der Waals surface area contributed by atoms with Crippen molar-refractivity contribution in [3.05, 3.63) is 66.0 Å². The first kappa shape index (κ1) is 24.7. The average molecular weight is 500 g/mol. The normalized spacial score (nSPS) is 17.3. The monoisotopic (exact) mass is 499 g/mol. The van der Waals surface area contributed by atoms with Crippen molar-refractivity contribution in [3.8, 4) is 11.3 Å². The van der Waals surface area contributed by atoms with E-state index in [0.717, 1.165) is 5.56 Å². The largest absolute Gasteiger partial charge is 0.356 e. The molecule has 184 valence electrons. The number of aryl methyl sites for hydroxylation is 1. The van der Waals surface area contributed by atoms with Gasteiger partial charge in [0.25, 0.3) is 5.91 Å².